The number of nitrogens with zero attached hydrogens (tertiary/aromatic N) is 2. The first-order valence-electron chi connectivity index (χ1n) is 5.41. The van der Waals surface area contributed by atoms with Crippen molar-refractivity contribution in [2.24, 2.45) is 0 Å². The molecule has 88 valence electrons. The van der Waals surface area contributed by atoms with E-state index in [-0.39, 0.29) is 6.42 Å². The molecule has 0 atom stereocenters. The molecule has 0 spiro atoms. The summed E-state index contributed by atoms with van der Waals surface area (Å²) in [5.41, 5.74) is 1.05. The Bertz CT molecular complexity index is 397. The molecule has 1 saturated carbocycles. The molecule has 4 nitrogen and oxygen atoms in total. The molecular formula is C11H16N2O2S. The number of carboxylic acids is 1. The first-order chi connectivity index (χ1) is 7.56. The summed E-state index contributed by atoms with van der Waals surface area (Å²) in [4.78, 5) is 18.3. The molecule has 1 heterocycles. The molecule has 0 aliphatic heterocycles. The van der Waals surface area contributed by atoms with Crippen molar-refractivity contribution in [3.05, 3.63) is 15.6 Å². The minimum Gasteiger partial charge on any atom is -0.481 e. The SMILES string of the molecule is CN(C)Cc1nc(C2CC2)c(CC(=O)O)s1. The number of hydrogen-bond acceptors (Lipinski definition) is 4. The van der Waals surface area contributed by atoms with Crippen LogP contribution in [0.15, 0.2) is 0 Å². The Morgan fingerprint density at radius 1 is 1.56 bits per heavy atom. The van der Waals surface area contributed by atoms with Crippen LogP contribution in [0.5, 0.6) is 0 Å². The van der Waals surface area contributed by atoms with Crippen LogP contribution >= 0.6 is 11.3 Å². The van der Waals surface area contributed by atoms with Crippen molar-refractivity contribution in [2.75, 3.05) is 14.1 Å². The molecule has 1 aromatic heterocycles. The lowest BCUT2D eigenvalue weighted by Crippen LogP contribution is -2.10. The molecule has 1 aliphatic rings. The normalized spacial score (nSPS) is 15.7. The van der Waals surface area contributed by atoms with Crippen LogP contribution in [0.4, 0.5) is 0 Å². The Morgan fingerprint density at radius 3 is 2.75 bits per heavy atom. The molecule has 0 saturated heterocycles. The highest BCUT2D eigenvalue weighted by atomic mass is 32.1. The Balaban J connectivity index is 2.19. The predicted octanol–water partition coefficient (Wildman–Crippen LogP) is 1.71. The quantitative estimate of drug-likeness (QED) is 0.851. The number of carbonyl (C=O) groups is 1. The average molecular weight is 240 g/mol. The van der Waals surface area contributed by atoms with Crippen LogP contribution < -0.4 is 0 Å². The fourth-order valence-electron chi connectivity index (χ4n) is 1.69. The number of aromatic nitrogens is 1. The summed E-state index contributed by atoms with van der Waals surface area (Å²) in [7, 11) is 3.99. The van der Waals surface area contributed by atoms with Crippen molar-refractivity contribution in [3.63, 3.8) is 0 Å². The lowest BCUT2D eigenvalue weighted by molar-refractivity contribution is -0.136. The van der Waals surface area contributed by atoms with E-state index < -0.39 is 5.97 Å². The number of rotatable bonds is 5. The third kappa shape index (κ3) is 2.80. The van der Waals surface area contributed by atoms with Crippen molar-refractivity contribution in [1.29, 1.82) is 0 Å². The second-order valence-electron chi connectivity index (χ2n) is 4.50. The molecule has 0 radical (unpaired) electrons. The van der Waals surface area contributed by atoms with Crippen molar-refractivity contribution >= 4 is 17.3 Å². The molecule has 5 heteroatoms. The minimum absolute atomic E-state index is 0.122. The second-order valence-corrected chi connectivity index (χ2v) is 5.67. The van der Waals surface area contributed by atoms with E-state index in [0.29, 0.717) is 5.92 Å². The molecule has 1 aliphatic carbocycles. The number of carboxylic acid groups (broad SMARTS) is 1. The zero-order valence-electron chi connectivity index (χ0n) is 9.56. The number of thiazole rings is 1. The third-order valence-corrected chi connectivity index (χ3v) is 3.56. The number of aliphatic carboxylic acids is 1. The van der Waals surface area contributed by atoms with E-state index in [4.69, 9.17) is 5.11 Å². The van der Waals surface area contributed by atoms with E-state index in [9.17, 15) is 4.79 Å². The molecule has 16 heavy (non-hydrogen) atoms. The van der Waals surface area contributed by atoms with Crippen LogP contribution in [0.3, 0.4) is 0 Å². The first-order valence-corrected chi connectivity index (χ1v) is 6.23. The lowest BCUT2D eigenvalue weighted by Gasteiger charge is -2.04. The maximum absolute atomic E-state index is 10.8. The summed E-state index contributed by atoms with van der Waals surface area (Å²) in [6.45, 7) is 0.796. The van der Waals surface area contributed by atoms with Gasteiger partial charge in [0.2, 0.25) is 0 Å². The van der Waals surface area contributed by atoms with E-state index in [0.717, 1.165) is 35.0 Å². The number of hydrogen-bond donors (Lipinski definition) is 1. The highest BCUT2D eigenvalue weighted by Crippen LogP contribution is 2.42. The fourth-order valence-corrected chi connectivity index (χ4v) is 2.96. The summed E-state index contributed by atoms with van der Waals surface area (Å²) >= 11 is 1.55. The van der Waals surface area contributed by atoms with Gasteiger partial charge in [-0.15, -0.1) is 11.3 Å². The molecule has 0 amide bonds. The molecule has 1 aromatic rings. The highest BCUT2D eigenvalue weighted by Gasteiger charge is 2.30. The molecule has 1 fully saturated rings. The van der Waals surface area contributed by atoms with Crippen molar-refractivity contribution in [2.45, 2.75) is 31.7 Å². The van der Waals surface area contributed by atoms with Crippen LogP contribution in [0, 0.1) is 0 Å². The standard InChI is InChI=1S/C11H16N2O2S/c1-13(2)6-9-12-11(7-3-4-7)8(16-9)5-10(14)15/h7H,3-6H2,1-2H3,(H,14,15). The zero-order chi connectivity index (χ0) is 11.7. The van der Waals surface area contributed by atoms with E-state index in [1.807, 2.05) is 14.1 Å². The summed E-state index contributed by atoms with van der Waals surface area (Å²) in [5, 5.41) is 9.88. The predicted molar refractivity (Wildman–Crippen MR) is 62.8 cm³/mol. The van der Waals surface area contributed by atoms with Gasteiger partial charge >= 0.3 is 5.97 Å². The van der Waals surface area contributed by atoms with Gasteiger partial charge < -0.3 is 10.0 Å². The van der Waals surface area contributed by atoms with Gasteiger partial charge in [-0.2, -0.15) is 0 Å². The monoisotopic (exact) mass is 240 g/mol. The van der Waals surface area contributed by atoms with Crippen LogP contribution in [0.1, 0.15) is 34.3 Å². The Labute approximate surface area is 98.9 Å². The second kappa shape index (κ2) is 4.51. The summed E-state index contributed by atoms with van der Waals surface area (Å²) in [6, 6.07) is 0. The Hall–Kier alpha value is -0.940. The molecule has 0 aromatic carbocycles. The zero-order valence-corrected chi connectivity index (χ0v) is 10.4. The highest BCUT2D eigenvalue weighted by molar-refractivity contribution is 7.11. The maximum Gasteiger partial charge on any atom is 0.308 e. The van der Waals surface area contributed by atoms with Gasteiger partial charge in [0.1, 0.15) is 5.01 Å². The Kier molecular flexibility index (Phi) is 3.25. The Morgan fingerprint density at radius 2 is 2.25 bits per heavy atom. The van der Waals surface area contributed by atoms with Gasteiger partial charge in [0, 0.05) is 17.3 Å². The van der Waals surface area contributed by atoms with Gasteiger partial charge in [-0.3, -0.25) is 4.79 Å². The van der Waals surface area contributed by atoms with E-state index >= 15 is 0 Å². The van der Waals surface area contributed by atoms with Gasteiger partial charge in [-0.1, -0.05) is 0 Å². The summed E-state index contributed by atoms with van der Waals surface area (Å²) in [6.07, 6.45) is 2.45. The van der Waals surface area contributed by atoms with Gasteiger partial charge in [-0.25, -0.2) is 4.98 Å². The molecule has 0 bridgehead atoms. The average Bonchev–Trinajstić information content (AvgIpc) is 2.90. The smallest absolute Gasteiger partial charge is 0.308 e. The lowest BCUT2D eigenvalue weighted by atomic mass is 10.2. The first kappa shape index (κ1) is 11.5. The van der Waals surface area contributed by atoms with Crippen molar-refractivity contribution in [3.8, 4) is 0 Å². The van der Waals surface area contributed by atoms with Crippen molar-refractivity contribution in [1.82, 2.24) is 9.88 Å². The van der Waals surface area contributed by atoms with Crippen LogP contribution in [0.25, 0.3) is 0 Å². The third-order valence-electron chi connectivity index (χ3n) is 2.50. The topological polar surface area (TPSA) is 53.4 Å². The molecule has 0 unspecified atom stereocenters. The molecule has 1 N–H and O–H groups in total. The van der Waals surface area contributed by atoms with Crippen LogP contribution in [0.2, 0.25) is 0 Å². The van der Waals surface area contributed by atoms with Crippen molar-refractivity contribution < 1.29 is 9.90 Å². The molecular weight excluding hydrogens is 224 g/mol. The van der Waals surface area contributed by atoms with Gasteiger partial charge in [0.05, 0.1) is 12.1 Å². The van der Waals surface area contributed by atoms with Crippen LogP contribution in [-0.2, 0) is 17.8 Å². The van der Waals surface area contributed by atoms with Gasteiger partial charge in [0.15, 0.2) is 0 Å². The van der Waals surface area contributed by atoms with Crippen LogP contribution in [-0.4, -0.2) is 35.1 Å². The minimum atomic E-state index is -0.762. The summed E-state index contributed by atoms with van der Waals surface area (Å²) in [5.74, 6) is -0.233. The summed E-state index contributed by atoms with van der Waals surface area (Å²) < 4.78 is 0. The fraction of sp³-hybridized carbons (Fsp3) is 0.636. The molecule has 2 rings (SSSR count). The largest absolute Gasteiger partial charge is 0.481 e. The van der Waals surface area contributed by atoms with E-state index in [1.165, 1.54) is 0 Å². The van der Waals surface area contributed by atoms with Gasteiger partial charge in [0.25, 0.3) is 0 Å². The van der Waals surface area contributed by atoms with E-state index in [1.54, 1.807) is 11.3 Å². The van der Waals surface area contributed by atoms with Gasteiger partial charge in [-0.05, 0) is 26.9 Å². The maximum atomic E-state index is 10.8. The van der Waals surface area contributed by atoms with E-state index in [2.05, 4.69) is 9.88 Å².